The van der Waals surface area contributed by atoms with Crippen LogP contribution in [0.1, 0.15) is 17.5 Å². The molecule has 0 radical (unpaired) electrons. The second kappa shape index (κ2) is 6.50. The lowest BCUT2D eigenvalue weighted by atomic mass is 10.0. The third-order valence-corrected chi connectivity index (χ3v) is 4.98. The lowest BCUT2D eigenvalue weighted by Crippen LogP contribution is -1.96. The Hall–Kier alpha value is -1.51. The summed E-state index contributed by atoms with van der Waals surface area (Å²) in [4.78, 5) is 2.68. The molecule has 2 aromatic carbocycles. The number of halogens is 1. The molecule has 104 valence electrons. The summed E-state index contributed by atoms with van der Waals surface area (Å²) in [6.07, 6.45) is 7.22. The van der Waals surface area contributed by atoms with Crippen molar-refractivity contribution in [3.05, 3.63) is 87.8 Å². The first-order chi connectivity index (χ1) is 10.3. The van der Waals surface area contributed by atoms with Crippen LogP contribution < -0.4 is 0 Å². The van der Waals surface area contributed by atoms with Crippen LogP contribution >= 0.6 is 27.7 Å². The molecule has 2 heteroatoms. The van der Waals surface area contributed by atoms with Gasteiger partial charge in [-0.3, -0.25) is 0 Å². The summed E-state index contributed by atoms with van der Waals surface area (Å²) in [7, 11) is 0. The zero-order valence-electron chi connectivity index (χ0n) is 11.6. The predicted molar refractivity (Wildman–Crippen MR) is 97.2 cm³/mol. The average molecular weight is 355 g/mol. The Kier molecular flexibility index (Phi) is 4.47. The third-order valence-electron chi connectivity index (χ3n) is 3.36. The van der Waals surface area contributed by atoms with Gasteiger partial charge >= 0.3 is 0 Å². The maximum atomic E-state index is 3.84. The quantitative estimate of drug-likeness (QED) is 0.588. The van der Waals surface area contributed by atoms with Crippen molar-refractivity contribution in [3.63, 3.8) is 0 Å². The molecule has 0 spiro atoms. The molecule has 0 saturated heterocycles. The molecule has 2 aromatic rings. The van der Waals surface area contributed by atoms with Gasteiger partial charge in [0.15, 0.2) is 0 Å². The molecular weight excluding hydrogens is 340 g/mol. The van der Waals surface area contributed by atoms with Crippen LogP contribution in [0, 0.1) is 0 Å². The lowest BCUT2D eigenvalue weighted by molar-refractivity contribution is 1.27. The average Bonchev–Trinajstić information content (AvgIpc) is 2.50. The van der Waals surface area contributed by atoms with E-state index >= 15 is 0 Å². The van der Waals surface area contributed by atoms with Crippen LogP contribution in [0.2, 0.25) is 0 Å². The SMILES string of the molecule is C=C/C=C1\C/C(=C/c2ccc(Br)cc2)Sc2ccccc21. The molecular formula is C19H15BrS. The summed E-state index contributed by atoms with van der Waals surface area (Å²) < 4.78 is 1.11. The van der Waals surface area contributed by atoms with Crippen LogP contribution in [0.4, 0.5) is 0 Å². The summed E-state index contributed by atoms with van der Waals surface area (Å²) >= 11 is 5.34. The highest BCUT2D eigenvalue weighted by atomic mass is 79.9. The van der Waals surface area contributed by atoms with Crippen molar-refractivity contribution in [2.75, 3.05) is 0 Å². The van der Waals surface area contributed by atoms with Crippen LogP contribution in [0.25, 0.3) is 11.6 Å². The zero-order valence-corrected chi connectivity index (χ0v) is 14.0. The van der Waals surface area contributed by atoms with E-state index in [4.69, 9.17) is 0 Å². The fraction of sp³-hybridized carbons (Fsp3) is 0.0526. The van der Waals surface area contributed by atoms with Gasteiger partial charge in [-0.25, -0.2) is 0 Å². The summed E-state index contributed by atoms with van der Waals surface area (Å²) in [5, 5.41) is 0. The molecule has 0 nitrogen and oxygen atoms in total. The van der Waals surface area contributed by atoms with Gasteiger partial charge in [-0.2, -0.15) is 0 Å². The van der Waals surface area contributed by atoms with Crippen molar-refractivity contribution in [1.82, 2.24) is 0 Å². The van der Waals surface area contributed by atoms with Crippen molar-refractivity contribution in [3.8, 4) is 0 Å². The monoisotopic (exact) mass is 354 g/mol. The van der Waals surface area contributed by atoms with E-state index in [1.165, 1.54) is 26.5 Å². The van der Waals surface area contributed by atoms with Crippen molar-refractivity contribution in [1.29, 1.82) is 0 Å². The van der Waals surface area contributed by atoms with Crippen LogP contribution in [0.15, 0.2) is 81.5 Å². The van der Waals surface area contributed by atoms with E-state index in [1.807, 2.05) is 17.8 Å². The molecule has 0 bridgehead atoms. The Labute approximate surface area is 138 Å². The van der Waals surface area contributed by atoms with Crippen LogP contribution in [-0.4, -0.2) is 0 Å². The Morgan fingerprint density at radius 1 is 1.05 bits per heavy atom. The van der Waals surface area contributed by atoms with Gasteiger partial charge in [-0.1, -0.05) is 76.8 Å². The van der Waals surface area contributed by atoms with Gasteiger partial charge in [-0.05, 0) is 45.9 Å². The molecule has 21 heavy (non-hydrogen) atoms. The molecule has 1 aliphatic heterocycles. The molecule has 0 aromatic heterocycles. The summed E-state index contributed by atoms with van der Waals surface area (Å²) in [5.41, 5.74) is 3.90. The largest absolute Gasteiger partial charge is 0.0991 e. The fourth-order valence-electron chi connectivity index (χ4n) is 2.40. The summed E-state index contributed by atoms with van der Waals surface area (Å²) in [5.74, 6) is 0. The highest BCUT2D eigenvalue weighted by Gasteiger charge is 2.17. The first kappa shape index (κ1) is 14.4. The lowest BCUT2D eigenvalue weighted by Gasteiger charge is -2.21. The Bertz CT molecular complexity index is 723. The number of hydrogen-bond donors (Lipinski definition) is 0. The van der Waals surface area contributed by atoms with E-state index in [9.17, 15) is 0 Å². The number of fused-ring (bicyclic) bond motifs is 1. The minimum Gasteiger partial charge on any atom is -0.0991 e. The smallest absolute Gasteiger partial charge is 0.0194 e. The van der Waals surface area contributed by atoms with Gasteiger partial charge in [0.25, 0.3) is 0 Å². The van der Waals surface area contributed by atoms with E-state index in [1.54, 1.807) is 0 Å². The van der Waals surface area contributed by atoms with E-state index in [0.29, 0.717) is 0 Å². The second-order valence-electron chi connectivity index (χ2n) is 4.86. The molecule has 0 unspecified atom stereocenters. The first-order valence-electron chi connectivity index (χ1n) is 6.81. The number of rotatable bonds is 2. The van der Waals surface area contributed by atoms with Gasteiger partial charge in [0.1, 0.15) is 0 Å². The van der Waals surface area contributed by atoms with Crippen LogP contribution in [0.5, 0.6) is 0 Å². The van der Waals surface area contributed by atoms with Gasteiger partial charge in [0.2, 0.25) is 0 Å². The van der Waals surface area contributed by atoms with E-state index < -0.39 is 0 Å². The Morgan fingerprint density at radius 2 is 1.81 bits per heavy atom. The standard InChI is InChI=1S/C19H15BrS/c1-2-5-15-13-17(12-14-8-10-16(20)11-9-14)21-19-7-4-3-6-18(15)19/h2-12H,1,13H2/b15-5+,17-12-. The number of benzene rings is 2. The van der Waals surface area contributed by atoms with Crippen LogP contribution in [-0.2, 0) is 0 Å². The van der Waals surface area contributed by atoms with Gasteiger partial charge in [0.05, 0.1) is 0 Å². The molecule has 0 fully saturated rings. The minimum atomic E-state index is 0.962. The molecule has 0 N–H and O–H groups in total. The maximum absolute atomic E-state index is 3.84. The second-order valence-corrected chi connectivity index (χ2v) is 6.95. The van der Waals surface area contributed by atoms with E-state index in [2.05, 4.69) is 83.2 Å². The van der Waals surface area contributed by atoms with Crippen molar-refractivity contribution in [2.45, 2.75) is 11.3 Å². The van der Waals surface area contributed by atoms with Crippen molar-refractivity contribution >= 4 is 39.3 Å². The van der Waals surface area contributed by atoms with E-state index in [0.717, 1.165) is 10.9 Å². The molecule has 1 aliphatic rings. The summed E-state index contributed by atoms with van der Waals surface area (Å²) in [6.45, 7) is 3.84. The Balaban J connectivity index is 1.98. The molecule has 1 heterocycles. The molecule has 0 saturated carbocycles. The Morgan fingerprint density at radius 3 is 2.57 bits per heavy atom. The van der Waals surface area contributed by atoms with Crippen LogP contribution in [0.3, 0.4) is 0 Å². The number of hydrogen-bond acceptors (Lipinski definition) is 1. The molecule has 0 atom stereocenters. The maximum Gasteiger partial charge on any atom is 0.0194 e. The predicted octanol–water partition coefficient (Wildman–Crippen LogP) is 6.56. The highest BCUT2D eigenvalue weighted by molar-refractivity contribution is 9.10. The first-order valence-corrected chi connectivity index (χ1v) is 8.42. The number of allylic oxidation sites excluding steroid dienone is 4. The third kappa shape index (κ3) is 3.39. The van der Waals surface area contributed by atoms with Gasteiger partial charge in [0, 0.05) is 15.8 Å². The van der Waals surface area contributed by atoms with Crippen molar-refractivity contribution in [2.24, 2.45) is 0 Å². The van der Waals surface area contributed by atoms with Gasteiger partial charge in [-0.15, -0.1) is 0 Å². The fourth-order valence-corrected chi connectivity index (χ4v) is 3.82. The highest BCUT2D eigenvalue weighted by Crippen LogP contribution is 2.44. The molecule has 0 amide bonds. The van der Waals surface area contributed by atoms with Crippen molar-refractivity contribution < 1.29 is 0 Å². The summed E-state index contributed by atoms with van der Waals surface area (Å²) in [6, 6.07) is 17.0. The van der Waals surface area contributed by atoms with E-state index in [-0.39, 0.29) is 0 Å². The number of thioether (sulfide) groups is 1. The zero-order chi connectivity index (χ0) is 14.7. The van der Waals surface area contributed by atoms with Gasteiger partial charge < -0.3 is 0 Å². The normalized spacial score (nSPS) is 17.8. The topological polar surface area (TPSA) is 0 Å². The minimum absolute atomic E-state index is 0.962. The molecule has 0 aliphatic carbocycles. The molecule has 3 rings (SSSR count).